The Balaban J connectivity index is 1.46. The first kappa shape index (κ1) is 22.6. The summed E-state index contributed by atoms with van der Waals surface area (Å²) in [5.41, 5.74) is 11.1. The fourth-order valence-corrected chi connectivity index (χ4v) is 4.29. The molecule has 1 amide bonds. The zero-order valence-corrected chi connectivity index (χ0v) is 19.6. The molecule has 5 rings (SSSR count). The fourth-order valence-electron chi connectivity index (χ4n) is 4.29. The lowest BCUT2D eigenvalue weighted by Crippen LogP contribution is -2.33. The van der Waals surface area contributed by atoms with Gasteiger partial charge in [-0.25, -0.2) is 4.79 Å². The third-order valence-corrected chi connectivity index (χ3v) is 6.04. The van der Waals surface area contributed by atoms with Crippen LogP contribution in [-0.4, -0.2) is 42.9 Å². The highest BCUT2D eigenvalue weighted by molar-refractivity contribution is 6.01. The molecule has 3 N–H and O–H groups in total. The van der Waals surface area contributed by atoms with Crippen LogP contribution in [0.1, 0.15) is 26.7 Å². The first-order valence-corrected chi connectivity index (χ1v) is 11.8. The molecule has 1 saturated heterocycles. The van der Waals surface area contributed by atoms with Crippen LogP contribution < -0.4 is 15.8 Å². The normalized spacial score (nSPS) is 16.7. The van der Waals surface area contributed by atoms with Crippen molar-refractivity contribution in [1.82, 2.24) is 4.57 Å². The summed E-state index contributed by atoms with van der Waals surface area (Å²) in [5, 5.41) is 3.76. The maximum atomic E-state index is 11.9. The predicted octanol–water partition coefficient (Wildman–Crippen LogP) is 5.01. The van der Waals surface area contributed by atoms with E-state index >= 15 is 0 Å². The number of amides is 1. The molecule has 0 atom stereocenters. The van der Waals surface area contributed by atoms with Gasteiger partial charge < -0.3 is 29.2 Å². The molecule has 2 heterocycles. The number of rotatable bonds is 7. The highest BCUT2D eigenvalue weighted by Gasteiger charge is 2.26. The van der Waals surface area contributed by atoms with Crippen LogP contribution in [0.25, 0.3) is 22.2 Å². The first-order valence-electron chi connectivity index (χ1n) is 11.8. The lowest BCUT2D eigenvalue weighted by molar-refractivity contribution is -0.143. The van der Waals surface area contributed by atoms with Crippen LogP contribution in [0.5, 0.6) is 5.75 Å². The van der Waals surface area contributed by atoms with E-state index in [4.69, 9.17) is 24.7 Å². The molecule has 8 heteroatoms. The van der Waals surface area contributed by atoms with Crippen LogP contribution in [0.15, 0.2) is 42.5 Å². The zero-order chi connectivity index (χ0) is 23.7. The predicted molar refractivity (Wildman–Crippen MR) is 131 cm³/mol. The molecule has 180 valence electrons. The van der Waals surface area contributed by atoms with Crippen LogP contribution >= 0.6 is 0 Å². The number of benzene rings is 2. The van der Waals surface area contributed by atoms with Gasteiger partial charge in [-0.2, -0.15) is 0 Å². The van der Waals surface area contributed by atoms with E-state index in [9.17, 15) is 4.79 Å². The maximum absolute atomic E-state index is 11.9. The smallest absolute Gasteiger partial charge is 0.411 e. The summed E-state index contributed by atoms with van der Waals surface area (Å²) in [6, 6.07) is 13.7. The standard InChI is InChI=1S/C26H31N3O5/c1-16(2)33-26(30)28-19-7-5-18(6-8-19)25-24(27)22-10-9-20(34-21-13-31-15-32-14-21)11-23(22)29(25)12-17-3-4-17/h5-11,16-17,21H,3-4,12-15,27H2,1-2H3,(H,28,30). The number of anilines is 2. The number of nitrogens with zero attached hydrogens (tertiary/aromatic N) is 1. The summed E-state index contributed by atoms with van der Waals surface area (Å²) in [4.78, 5) is 11.9. The van der Waals surface area contributed by atoms with Gasteiger partial charge in [0, 0.05) is 29.2 Å². The Kier molecular flexibility index (Phi) is 6.34. The minimum Gasteiger partial charge on any atom is -0.486 e. The van der Waals surface area contributed by atoms with E-state index in [0.29, 0.717) is 31.6 Å². The summed E-state index contributed by atoms with van der Waals surface area (Å²) in [6.45, 7) is 5.88. The van der Waals surface area contributed by atoms with E-state index in [0.717, 1.165) is 40.1 Å². The van der Waals surface area contributed by atoms with Gasteiger partial charge in [-0.05, 0) is 56.9 Å². The maximum Gasteiger partial charge on any atom is 0.411 e. The fraction of sp³-hybridized carbons (Fsp3) is 0.423. The molecule has 0 spiro atoms. The molecule has 0 unspecified atom stereocenters. The third-order valence-electron chi connectivity index (χ3n) is 6.04. The van der Waals surface area contributed by atoms with Crippen molar-refractivity contribution in [2.75, 3.05) is 31.1 Å². The van der Waals surface area contributed by atoms with Crippen molar-refractivity contribution in [2.45, 2.75) is 45.4 Å². The highest BCUT2D eigenvalue weighted by Crippen LogP contribution is 2.41. The van der Waals surface area contributed by atoms with Crippen molar-refractivity contribution in [2.24, 2.45) is 5.92 Å². The largest absolute Gasteiger partial charge is 0.486 e. The molecule has 3 aromatic rings. The molecule has 1 aliphatic heterocycles. The van der Waals surface area contributed by atoms with Gasteiger partial charge in [0.2, 0.25) is 0 Å². The van der Waals surface area contributed by atoms with Gasteiger partial charge in [0.15, 0.2) is 0 Å². The van der Waals surface area contributed by atoms with Crippen molar-refractivity contribution < 1.29 is 23.7 Å². The second-order valence-corrected chi connectivity index (χ2v) is 9.25. The average Bonchev–Trinajstić information content (AvgIpc) is 3.59. The molecule has 2 aromatic carbocycles. The Morgan fingerprint density at radius 2 is 1.88 bits per heavy atom. The molecule has 0 radical (unpaired) electrons. The van der Waals surface area contributed by atoms with E-state index in [1.54, 1.807) is 0 Å². The van der Waals surface area contributed by atoms with Gasteiger partial charge in [0.05, 0.1) is 36.2 Å². The number of hydrogen-bond donors (Lipinski definition) is 2. The summed E-state index contributed by atoms with van der Waals surface area (Å²) < 4.78 is 24.3. The van der Waals surface area contributed by atoms with Crippen LogP contribution in [0, 0.1) is 5.92 Å². The van der Waals surface area contributed by atoms with Gasteiger partial charge in [0.1, 0.15) is 18.6 Å². The van der Waals surface area contributed by atoms with Crippen molar-refractivity contribution in [3.63, 3.8) is 0 Å². The number of aromatic nitrogens is 1. The summed E-state index contributed by atoms with van der Waals surface area (Å²) in [7, 11) is 0. The minimum absolute atomic E-state index is 0.128. The highest BCUT2D eigenvalue weighted by atomic mass is 16.7. The number of nitrogen functional groups attached to an aromatic ring is 1. The molecular formula is C26H31N3O5. The Hall–Kier alpha value is -3.23. The Labute approximate surface area is 198 Å². The lowest BCUT2D eigenvalue weighted by Gasteiger charge is -2.23. The summed E-state index contributed by atoms with van der Waals surface area (Å²) in [6.07, 6.45) is 1.69. The Morgan fingerprint density at radius 1 is 1.15 bits per heavy atom. The second-order valence-electron chi connectivity index (χ2n) is 9.25. The van der Waals surface area contributed by atoms with Crippen LogP contribution in [0.4, 0.5) is 16.2 Å². The molecular weight excluding hydrogens is 434 g/mol. The van der Waals surface area contributed by atoms with Crippen LogP contribution in [0.3, 0.4) is 0 Å². The summed E-state index contributed by atoms with van der Waals surface area (Å²) >= 11 is 0. The monoisotopic (exact) mass is 465 g/mol. The zero-order valence-electron chi connectivity index (χ0n) is 19.6. The first-order chi connectivity index (χ1) is 16.5. The molecule has 1 aliphatic carbocycles. The van der Waals surface area contributed by atoms with Crippen molar-refractivity contribution in [1.29, 1.82) is 0 Å². The van der Waals surface area contributed by atoms with Gasteiger partial charge in [0.25, 0.3) is 0 Å². The van der Waals surface area contributed by atoms with E-state index in [2.05, 4.69) is 16.0 Å². The minimum atomic E-state index is -0.466. The molecule has 34 heavy (non-hydrogen) atoms. The average molecular weight is 466 g/mol. The number of carbonyl (C=O) groups is 1. The van der Waals surface area contributed by atoms with Gasteiger partial charge >= 0.3 is 6.09 Å². The molecule has 8 nitrogen and oxygen atoms in total. The Morgan fingerprint density at radius 3 is 2.56 bits per heavy atom. The van der Waals surface area contributed by atoms with Gasteiger partial charge in [-0.15, -0.1) is 0 Å². The van der Waals surface area contributed by atoms with Gasteiger partial charge in [-0.3, -0.25) is 5.32 Å². The van der Waals surface area contributed by atoms with Crippen molar-refractivity contribution in [3.8, 4) is 17.0 Å². The molecule has 0 bridgehead atoms. The quantitative estimate of drug-likeness (QED) is 0.509. The number of carbonyl (C=O) groups excluding carboxylic acids is 1. The number of nitrogens with one attached hydrogen (secondary N) is 1. The molecule has 2 aliphatic rings. The molecule has 1 aromatic heterocycles. The molecule has 1 saturated carbocycles. The number of fused-ring (bicyclic) bond motifs is 1. The van der Waals surface area contributed by atoms with E-state index < -0.39 is 6.09 Å². The summed E-state index contributed by atoms with van der Waals surface area (Å²) in [5.74, 6) is 1.43. The SMILES string of the molecule is CC(C)OC(=O)Nc1ccc(-c2c(N)c3ccc(OC4COCOC4)cc3n2CC2CC2)cc1. The second kappa shape index (κ2) is 9.56. The molecule has 2 fully saturated rings. The lowest BCUT2D eigenvalue weighted by atomic mass is 10.1. The van der Waals surface area contributed by atoms with E-state index in [1.807, 2.05) is 50.2 Å². The van der Waals surface area contributed by atoms with E-state index in [-0.39, 0.29) is 12.2 Å². The third kappa shape index (κ3) is 4.98. The Bertz CT molecular complexity index is 1160. The van der Waals surface area contributed by atoms with E-state index in [1.165, 1.54) is 12.8 Å². The number of ether oxygens (including phenoxy) is 4. The topological polar surface area (TPSA) is 97.0 Å². The number of nitrogens with two attached hydrogens (primary N) is 1. The van der Waals surface area contributed by atoms with Gasteiger partial charge in [-0.1, -0.05) is 12.1 Å². The van der Waals surface area contributed by atoms with Crippen LogP contribution in [0.2, 0.25) is 0 Å². The van der Waals surface area contributed by atoms with Crippen molar-refractivity contribution >= 4 is 28.4 Å². The van der Waals surface area contributed by atoms with Crippen LogP contribution in [-0.2, 0) is 20.8 Å². The van der Waals surface area contributed by atoms with Crippen molar-refractivity contribution in [3.05, 3.63) is 42.5 Å². The number of hydrogen-bond acceptors (Lipinski definition) is 6.